The van der Waals surface area contributed by atoms with Crippen LogP contribution in [0.15, 0.2) is 42.5 Å². The minimum atomic E-state index is -3.47. The van der Waals surface area contributed by atoms with E-state index in [1.54, 1.807) is 18.2 Å². The summed E-state index contributed by atoms with van der Waals surface area (Å²) in [7, 11) is -1.98. The Labute approximate surface area is 206 Å². The standard InChI is InChI=1S/C25H32ClN3O4S/c1-16-9-24(16)33-15-18-10-19(14-21(12-18)29(2)34(3,31)32)25(30)28-22-7-8-27-23(22)13-17-5-4-6-20(26)11-17/h4-6,10-12,14,16,22-24,27H,7-9,13,15H2,1-3H3,(H,28,30)/t16?,22-,23+,24?/m1/s1. The molecule has 1 aliphatic carbocycles. The van der Waals surface area contributed by atoms with E-state index in [4.69, 9.17) is 16.3 Å². The van der Waals surface area contributed by atoms with Gasteiger partial charge in [-0.3, -0.25) is 9.10 Å². The van der Waals surface area contributed by atoms with Gasteiger partial charge in [0.2, 0.25) is 10.0 Å². The molecular formula is C25H32ClN3O4S. The van der Waals surface area contributed by atoms with Crippen LogP contribution in [-0.4, -0.2) is 52.4 Å². The van der Waals surface area contributed by atoms with Gasteiger partial charge in [-0.15, -0.1) is 0 Å². The third-order valence-electron chi connectivity index (χ3n) is 6.61. The number of benzene rings is 2. The Morgan fingerprint density at radius 3 is 2.68 bits per heavy atom. The fourth-order valence-electron chi connectivity index (χ4n) is 4.31. The first-order valence-electron chi connectivity index (χ1n) is 11.6. The van der Waals surface area contributed by atoms with E-state index in [9.17, 15) is 13.2 Å². The van der Waals surface area contributed by atoms with Crippen LogP contribution in [0.2, 0.25) is 5.02 Å². The van der Waals surface area contributed by atoms with E-state index in [0.717, 1.165) is 43.2 Å². The maximum Gasteiger partial charge on any atom is 0.251 e. The number of nitrogens with zero attached hydrogens (tertiary/aromatic N) is 1. The Kier molecular flexibility index (Phi) is 7.52. The summed E-state index contributed by atoms with van der Waals surface area (Å²) >= 11 is 6.13. The third kappa shape index (κ3) is 6.30. The van der Waals surface area contributed by atoms with Crippen LogP contribution in [0, 0.1) is 5.92 Å². The van der Waals surface area contributed by atoms with Gasteiger partial charge in [-0.1, -0.05) is 30.7 Å². The van der Waals surface area contributed by atoms with Crippen molar-refractivity contribution < 1.29 is 17.9 Å². The highest BCUT2D eigenvalue weighted by molar-refractivity contribution is 7.92. The Balaban J connectivity index is 1.51. The minimum Gasteiger partial charge on any atom is -0.373 e. The number of ether oxygens (including phenoxy) is 1. The van der Waals surface area contributed by atoms with Crippen molar-refractivity contribution in [2.24, 2.45) is 5.92 Å². The molecule has 2 aromatic rings. The molecule has 1 aliphatic heterocycles. The molecule has 0 aromatic heterocycles. The molecule has 4 rings (SSSR count). The van der Waals surface area contributed by atoms with Crippen molar-refractivity contribution >= 4 is 33.2 Å². The van der Waals surface area contributed by atoms with Crippen LogP contribution < -0.4 is 14.9 Å². The highest BCUT2D eigenvalue weighted by Crippen LogP contribution is 2.34. The molecule has 0 radical (unpaired) electrons. The Morgan fingerprint density at radius 1 is 1.24 bits per heavy atom. The molecule has 7 nitrogen and oxygen atoms in total. The molecule has 1 saturated carbocycles. The van der Waals surface area contributed by atoms with Crippen molar-refractivity contribution in [3.8, 4) is 0 Å². The molecule has 2 aromatic carbocycles. The van der Waals surface area contributed by atoms with Crippen molar-refractivity contribution in [1.82, 2.24) is 10.6 Å². The zero-order chi connectivity index (χ0) is 24.5. The summed E-state index contributed by atoms with van der Waals surface area (Å²) in [6.45, 7) is 3.28. The van der Waals surface area contributed by atoms with Crippen LogP contribution in [-0.2, 0) is 27.8 Å². The van der Waals surface area contributed by atoms with Crippen LogP contribution in [0.5, 0.6) is 0 Å². The molecule has 1 saturated heterocycles. The van der Waals surface area contributed by atoms with Crippen molar-refractivity contribution in [2.45, 2.75) is 51.0 Å². The highest BCUT2D eigenvalue weighted by Gasteiger charge is 2.33. The molecule has 1 amide bonds. The van der Waals surface area contributed by atoms with E-state index in [1.165, 1.54) is 11.4 Å². The van der Waals surface area contributed by atoms with E-state index in [1.807, 2.05) is 24.3 Å². The van der Waals surface area contributed by atoms with Crippen molar-refractivity contribution in [3.63, 3.8) is 0 Å². The lowest BCUT2D eigenvalue weighted by Crippen LogP contribution is -2.44. The van der Waals surface area contributed by atoms with Gasteiger partial charge in [-0.05, 0) is 73.2 Å². The van der Waals surface area contributed by atoms with E-state index in [-0.39, 0.29) is 24.1 Å². The third-order valence-corrected chi connectivity index (χ3v) is 8.05. The summed E-state index contributed by atoms with van der Waals surface area (Å²) in [5.74, 6) is 0.311. The van der Waals surface area contributed by atoms with Gasteiger partial charge < -0.3 is 15.4 Å². The van der Waals surface area contributed by atoms with Gasteiger partial charge in [-0.25, -0.2) is 8.42 Å². The first kappa shape index (κ1) is 25.0. The molecule has 9 heteroatoms. The zero-order valence-electron chi connectivity index (χ0n) is 19.8. The summed E-state index contributed by atoms with van der Waals surface area (Å²) in [5.41, 5.74) is 2.75. The lowest BCUT2D eigenvalue weighted by Gasteiger charge is -2.22. The number of hydrogen-bond donors (Lipinski definition) is 2. The number of hydrogen-bond acceptors (Lipinski definition) is 5. The molecule has 2 N–H and O–H groups in total. The van der Waals surface area contributed by atoms with Crippen LogP contribution in [0.4, 0.5) is 5.69 Å². The maximum atomic E-state index is 13.3. The lowest BCUT2D eigenvalue weighted by atomic mass is 10.00. The van der Waals surface area contributed by atoms with Crippen LogP contribution >= 0.6 is 11.6 Å². The van der Waals surface area contributed by atoms with Gasteiger partial charge in [0.15, 0.2) is 0 Å². The number of sulfonamides is 1. The lowest BCUT2D eigenvalue weighted by molar-refractivity contribution is 0.0929. The quantitative estimate of drug-likeness (QED) is 0.545. The second kappa shape index (κ2) is 10.2. The second-order valence-corrected chi connectivity index (χ2v) is 11.9. The topological polar surface area (TPSA) is 87.7 Å². The zero-order valence-corrected chi connectivity index (χ0v) is 21.3. The number of amides is 1. The van der Waals surface area contributed by atoms with Crippen molar-refractivity contribution in [2.75, 3.05) is 24.2 Å². The highest BCUT2D eigenvalue weighted by atomic mass is 35.5. The molecule has 2 fully saturated rings. The average molecular weight is 506 g/mol. The summed E-state index contributed by atoms with van der Waals surface area (Å²) in [6, 6.07) is 13.0. The second-order valence-electron chi connectivity index (χ2n) is 9.44. The molecule has 2 aliphatic rings. The molecule has 0 bridgehead atoms. The van der Waals surface area contributed by atoms with Crippen LogP contribution in [0.25, 0.3) is 0 Å². The first-order chi connectivity index (χ1) is 16.1. The summed E-state index contributed by atoms with van der Waals surface area (Å²) in [4.78, 5) is 13.3. The predicted molar refractivity (Wildman–Crippen MR) is 135 cm³/mol. The predicted octanol–water partition coefficient (Wildman–Crippen LogP) is 3.36. The molecular weight excluding hydrogens is 474 g/mol. The van der Waals surface area contributed by atoms with Crippen LogP contribution in [0.1, 0.15) is 41.3 Å². The SMILES string of the molecule is CC1CC1OCc1cc(C(=O)N[C@@H]2CCN[C@H]2Cc2cccc(Cl)c2)cc(N(C)S(C)(=O)=O)c1. The van der Waals surface area contributed by atoms with Crippen molar-refractivity contribution in [3.05, 3.63) is 64.2 Å². The largest absolute Gasteiger partial charge is 0.373 e. The first-order valence-corrected chi connectivity index (χ1v) is 13.8. The Morgan fingerprint density at radius 2 is 2.00 bits per heavy atom. The normalized spacial score (nSPS) is 24.1. The fraction of sp³-hybridized carbons (Fsp3) is 0.480. The summed E-state index contributed by atoms with van der Waals surface area (Å²) < 4.78 is 31.4. The molecule has 1 heterocycles. The number of halogens is 1. The molecule has 4 atom stereocenters. The van der Waals surface area contributed by atoms with Gasteiger partial charge in [0.1, 0.15) is 0 Å². The molecule has 34 heavy (non-hydrogen) atoms. The van der Waals surface area contributed by atoms with Gasteiger partial charge in [0.05, 0.1) is 24.7 Å². The van der Waals surface area contributed by atoms with E-state index >= 15 is 0 Å². The van der Waals surface area contributed by atoms with Gasteiger partial charge >= 0.3 is 0 Å². The smallest absolute Gasteiger partial charge is 0.251 e. The van der Waals surface area contributed by atoms with Gasteiger partial charge in [-0.2, -0.15) is 0 Å². The summed E-state index contributed by atoms with van der Waals surface area (Å²) in [5, 5.41) is 7.32. The van der Waals surface area contributed by atoms with E-state index < -0.39 is 10.0 Å². The Hall–Kier alpha value is -2.13. The number of anilines is 1. The molecule has 2 unspecified atom stereocenters. The monoisotopic (exact) mass is 505 g/mol. The number of nitrogens with one attached hydrogen (secondary N) is 2. The molecule has 184 valence electrons. The number of rotatable bonds is 9. The maximum absolute atomic E-state index is 13.3. The van der Waals surface area contributed by atoms with Crippen LogP contribution in [0.3, 0.4) is 0 Å². The average Bonchev–Trinajstić information content (AvgIpc) is 3.33. The van der Waals surface area contributed by atoms with E-state index in [0.29, 0.717) is 28.8 Å². The van der Waals surface area contributed by atoms with E-state index in [2.05, 4.69) is 17.6 Å². The van der Waals surface area contributed by atoms with Gasteiger partial charge in [0.25, 0.3) is 5.91 Å². The number of carbonyl (C=O) groups excluding carboxylic acids is 1. The fourth-order valence-corrected chi connectivity index (χ4v) is 5.01. The Bertz CT molecular complexity index is 1160. The summed E-state index contributed by atoms with van der Waals surface area (Å²) in [6.07, 6.45) is 3.97. The molecule has 0 spiro atoms. The number of carbonyl (C=O) groups is 1. The minimum absolute atomic E-state index is 0.0465. The van der Waals surface area contributed by atoms with Crippen molar-refractivity contribution in [1.29, 1.82) is 0 Å². The van der Waals surface area contributed by atoms with Gasteiger partial charge in [0, 0.05) is 29.7 Å².